The number of aryl methyl sites for hydroxylation is 1. The Kier molecular flexibility index (Phi) is 6.17. The van der Waals surface area contributed by atoms with E-state index in [1.165, 1.54) is 6.07 Å². The predicted molar refractivity (Wildman–Crippen MR) is 131 cm³/mol. The molecule has 0 radical (unpaired) electrons. The highest BCUT2D eigenvalue weighted by Gasteiger charge is 2.35. The normalized spacial score (nSPS) is 16.1. The molecular formula is C27H28FN3O4. The van der Waals surface area contributed by atoms with Crippen molar-refractivity contribution >= 4 is 27.7 Å². The SMILES string of the molecule is CCOC(=O)c1c(C)oc2c1c(C(c1ccncc1)N1CCN(C)CC1)c(O)c1c(F)cccc12. The molecule has 0 amide bonds. The van der Waals surface area contributed by atoms with E-state index in [2.05, 4.69) is 21.8 Å². The number of phenolic OH excluding ortho intramolecular Hbond substituents is 1. The van der Waals surface area contributed by atoms with Crippen LogP contribution in [0.4, 0.5) is 4.39 Å². The number of pyridine rings is 1. The molecule has 2 aromatic carbocycles. The lowest BCUT2D eigenvalue weighted by atomic mass is 9.88. The van der Waals surface area contributed by atoms with Crippen LogP contribution >= 0.6 is 0 Å². The standard InChI is InChI=1S/C27H28FN3O4/c1-4-34-27(33)20-16(2)35-26-18-6-5-7-19(28)21(18)25(32)23(22(20)26)24(17-8-10-29-11-9-17)31-14-12-30(3)13-15-31/h5-11,24,32H,4,12-15H2,1-3H3. The van der Waals surface area contributed by atoms with Crippen molar-refractivity contribution in [3.05, 3.63) is 71.0 Å². The first-order chi connectivity index (χ1) is 16.9. The first-order valence-corrected chi connectivity index (χ1v) is 11.8. The number of aromatic hydroxyl groups is 1. The van der Waals surface area contributed by atoms with Crippen LogP contribution in [0.5, 0.6) is 5.75 Å². The van der Waals surface area contributed by atoms with Crippen molar-refractivity contribution in [3.8, 4) is 5.75 Å². The molecule has 0 bridgehead atoms. The summed E-state index contributed by atoms with van der Waals surface area (Å²) >= 11 is 0. The zero-order valence-electron chi connectivity index (χ0n) is 20.0. The van der Waals surface area contributed by atoms with Crippen molar-refractivity contribution in [2.45, 2.75) is 19.9 Å². The average Bonchev–Trinajstić information content (AvgIpc) is 3.20. The Labute approximate surface area is 202 Å². The number of carbonyl (C=O) groups is 1. The van der Waals surface area contributed by atoms with E-state index in [4.69, 9.17) is 9.15 Å². The van der Waals surface area contributed by atoms with E-state index in [-0.39, 0.29) is 23.3 Å². The Morgan fingerprint density at radius 2 is 1.89 bits per heavy atom. The van der Waals surface area contributed by atoms with Crippen molar-refractivity contribution in [2.75, 3.05) is 39.8 Å². The number of nitrogens with zero attached hydrogens (tertiary/aromatic N) is 3. The van der Waals surface area contributed by atoms with Gasteiger partial charge in [0.15, 0.2) is 0 Å². The topological polar surface area (TPSA) is 79.0 Å². The van der Waals surface area contributed by atoms with Gasteiger partial charge in [-0.15, -0.1) is 0 Å². The summed E-state index contributed by atoms with van der Waals surface area (Å²) < 4.78 is 26.6. The van der Waals surface area contributed by atoms with E-state index in [0.717, 1.165) is 31.7 Å². The second-order valence-electron chi connectivity index (χ2n) is 8.90. The van der Waals surface area contributed by atoms with Gasteiger partial charge in [0.05, 0.1) is 18.0 Å². The van der Waals surface area contributed by atoms with Crippen molar-refractivity contribution in [1.29, 1.82) is 0 Å². The molecule has 7 nitrogen and oxygen atoms in total. The smallest absolute Gasteiger partial charge is 0.342 e. The number of fused-ring (bicyclic) bond motifs is 3. The van der Waals surface area contributed by atoms with E-state index < -0.39 is 17.8 Å². The molecule has 2 aromatic heterocycles. The van der Waals surface area contributed by atoms with E-state index in [1.54, 1.807) is 38.4 Å². The summed E-state index contributed by atoms with van der Waals surface area (Å²) in [4.78, 5) is 21.8. The number of rotatable bonds is 5. The summed E-state index contributed by atoms with van der Waals surface area (Å²) in [5.74, 6) is -0.922. The Bertz CT molecular complexity index is 1390. The monoisotopic (exact) mass is 477 g/mol. The Morgan fingerprint density at radius 1 is 1.17 bits per heavy atom. The molecule has 1 aliphatic heterocycles. The number of esters is 1. The molecule has 182 valence electrons. The molecule has 0 spiro atoms. The fraction of sp³-hybridized carbons (Fsp3) is 0.333. The molecule has 1 saturated heterocycles. The van der Waals surface area contributed by atoms with Crippen LogP contribution in [-0.4, -0.2) is 65.7 Å². The molecule has 0 saturated carbocycles. The van der Waals surface area contributed by atoms with Gasteiger partial charge in [-0.2, -0.15) is 0 Å². The molecular weight excluding hydrogens is 449 g/mol. The highest BCUT2D eigenvalue weighted by atomic mass is 19.1. The van der Waals surface area contributed by atoms with Crippen LogP contribution in [0.15, 0.2) is 47.1 Å². The van der Waals surface area contributed by atoms with Gasteiger partial charge in [-0.1, -0.05) is 12.1 Å². The van der Waals surface area contributed by atoms with Gasteiger partial charge < -0.3 is 19.2 Å². The van der Waals surface area contributed by atoms with Gasteiger partial charge in [-0.05, 0) is 44.7 Å². The van der Waals surface area contributed by atoms with Gasteiger partial charge in [-0.3, -0.25) is 9.88 Å². The fourth-order valence-corrected chi connectivity index (χ4v) is 5.10. The zero-order chi connectivity index (χ0) is 24.7. The summed E-state index contributed by atoms with van der Waals surface area (Å²) in [5, 5.41) is 12.6. The second-order valence-corrected chi connectivity index (χ2v) is 8.90. The van der Waals surface area contributed by atoms with Crippen LogP contribution in [0.2, 0.25) is 0 Å². The lowest BCUT2D eigenvalue weighted by molar-refractivity contribution is 0.0526. The highest BCUT2D eigenvalue weighted by Crippen LogP contribution is 2.48. The molecule has 1 N–H and O–H groups in total. The van der Waals surface area contributed by atoms with Crippen molar-refractivity contribution in [3.63, 3.8) is 0 Å². The van der Waals surface area contributed by atoms with Crippen LogP contribution in [0.3, 0.4) is 0 Å². The number of carbonyl (C=O) groups excluding carboxylic acids is 1. The van der Waals surface area contributed by atoms with Crippen LogP contribution < -0.4 is 0 Å². The minimum absolute atomic E-state index is 0.0762. The summed E-state index contributed by atoms with van der Waals surface area (Å²) in [5.41, 5.74) is 1.94. The molecule has 4 aromatic rings. The number of piperazine rings is 1. The number of furan rings is 1. The molecule has 1 fully saturated rings. The fourth-order valence-electron chi connectivity index (χ4n) is 5.10. The van der Waals surface area contributed by atoms with E-state index in [9.17, 15) is 9.90 Å². The summed E-state index contributed by atoms with van der Waals surface area (Å²) in [6.45, 7) is 6.75. The van der Waals surface area contributed by atoms with Gasteiger partial charge in [-0.25, -0.2) is 9.18 Å². The van der Waals surface area contributed by atoms with Gasteiger partial charge in [0.2, 0.25) is 0 Å². The van der Waals surface area contributed by atoms with Gasteiger partial charge in [0.25, 0.3) is 0 Å². The maximum Gasteiger partial charge on any atom is 0.342 e. The Hall–Kier alpha value is -3.49. The van der Waals surface area contributed by atoms with E-state index in [1.807, 2.05) is 12.1 Å². The predicted octanol–water partition coefficient (Wildman–Crippen LogP) is 4.65. The minimum atomic E-state index is -0.554. The van der Waals surface area contributed by atoms with E-state index >= 15 is 4.39 Å². The molecule has 35 heavy (non-hydrogen) atoms. The molecule has 1 aliphatic rings. The van der Waals surface area contributed by atoms with Gasteiger partial charge >= 0.3 is 5.97 Å². The third-order valence-electron chi connectivity index (χ3n) is 6.78. The van der Waals surface area contributed by atoms with Crippen LogP contribution in [0.25, 0.3) is 21.7 Å². The Balaban J connectivity index is 1.90. The zero-order valence-corrected chi connectivity index (χ0v) is 20.0. The molecule has 1 unspecified atom stereocenters. The number of ether oxygens (including phenoxy) is 1. The summed E-state index contributed by atoms with van der Waals surface area (Å²) in [7, 11) is 2.07. The van der Waals surface area contributed by atoms with Crippen molar-refractivity contribution in [2.24, 2.45) is 0 Å². The first kappa shape index (κ1) is 23.3. The number of halogens is 1. The number of benzene rings is 2. The highest BCUT2D eigenvalue weighted by molar-refractivity contribution is 6.16. The third-order valence-corrected chi connectivity index (χ3v) is 6.78. The largest absolute Gasteiger partial charge is 0.507 e. The number of likely N-dealkylation sites (N-methyl/N-ethyl adjacent to an activating group) is 1. The number of phenols is 1. The first-order valence-electron chi connectivity index (χ1n) is 11.8. The molecule has 1 atom stereocenters. The lowest BCUT2D eigenvalue weighted by Gasteiger charge is -2.39. The molecule has 0 aliphatic carbocycles. The second kappa shape index (κ2) is 9.28. The van der Waals surface area contributed by atoms with Crippen molar-refractivity contribution < 1.29 is 23.4 Å². The summed E-state index contributed by atoms with van der Waals surface area (Å²) in [6, 6.07) is 7.89. The maximum atomic E-state index is 15.2. The molecule has 8 heteroatoms. The third kappa shape index (κ3) is 3.92. The number of hydrogen-bond acceptors (Lipinski definition) is 7. The van der Waals surface area contributed by atoms with Crippen LogP contribution in [0, 0.1) is 12.7 Å². The summed E-state index contributed by atoms with van der Waals surface area (Å²) in [6.07, 6.45) is 3.39. The quantitative estimate of drug-likeness (QED) is 0.419. The molecule has 3 heterocycles. The van der Waals surface area contributed by atoms with E-state index in [0.29, 0.717) is 27.7 Å². The number of aromatic nitrogens is 1. The lowest BCUT2D eigenvalue weighted by Crippen LogP contribution is -2.46. The average molecular weight is 478 g/mol. The minimum Gasteiger partial charge on any atom is -0.507 e. The van der Waals surface area contributed by atoms with Crippen LogP contribution in [0.1, 0.15) is 40.2 Å². The van der Waals surface area contributed by atoms with Crippen LogP contribution in [-0.2, 0) is 4.74 Å². The number of hydrogen-bond donors (Lipinski definition) is 1. The molecule has 5 rings (SSSR count). The maximum absolute atomic E-state index is 15.2. The van der Waals surface area contributed by atoms with Crippen molar-refractivity contribution in [1.82, 2.24) is 14.8 Å². The Morgan fingerprint density at radius 3 is 2.57 bits per heavy atom. The van der Waals surface area contributed by atoms with Gasteiger partial charge in [0, 0.05) is 54.9 Å². The van der Waals surface area contributed by atoms with Gasteiger partial charge in [0.1, 0.15) is 28.5 Å².